The molecule has 1 aliphatic rings. The van der Waals surface area contributed by atoms with Crippen LogP contribution >= 0.6 is 11.8 Å². The number of rotatable bonds is 4. The second-order valence-electron chi connectivity index (χ2n) is 4.67. The Morgan fingerprint density at radius 2 is 2.05 bits per heavy atom. The van der Waals surface area contributed by atoms with Crippen LogP contribution in [0.4, 0.5) is 0 Å². The standard InChI is InChI=1S/C14H17NO4S/c1-10-7-15(8-12(19-10)14(17)18)13(16)9-20-11-5-3-2-4-6-11/h2-6,10,12H,7-9H2,1H3,(H,17,18)/t10-,12?/m1/s1. The summed E-state index contributed by atoms with van der Waals surface area (Å²) in [6.07, 6.45) is -1.18. The van der Waals surface area contributed by atoms with Gasteiger partial charge in [-0.05, 0) is 19.1 Å². The third kappa shape index (κ3) is 3.98. The highest BCUT2D eigenvalue weighted by Crippen LogP contribution is 2.19. The van der Waals surface area contributed by atoms with Crippen LogP contribution in [0.2, 0.25) is 0 Å². The van der Waals surface area contributed by atoms with Gasteiger partial charge in [0.05, 0.1) is 18.4 Å². The van der Waals surface area contributed by atoms with Gasteiger partial charge >= 0.3 is 5.97 Å². The molecule has 6 heteroatoms. The van der Waals surface area contributed by atoms with Crippen molar-refractivity contribution in [3.63, 3.8) is 0 Å². The quantitative estimate of drug-likeness (QED) is 0.852. The molecule has 0 aromatic heterocycles. The van der Waals surface area contributed by atoms with Gasteiger partial charge in [-0.3, -0.25) is 4.79 Å². The van der Waals surface area contributed by atoms with Crippen LogP contribution in [0.15, 0.2) is 35.2 Å². The molecule has 1 heterocycles. The van der Waals surface area contributed by atoms with Crippen molar-refractivity contribution < 1.29 is 19.4 Å². The Hall–Kier alpha value is -1.53. The fourth-order valence-electron chi connectivity index (χ4n) is 2.04. The van der Waals surface area contributed by atoms with Gasteiger partial charge in [-0.1, -0.05) is 18.2 Å². The molecule has 0 spiro atoms. The fraction of sp³-hybridized carbons (Fsp3) is 0.429. The van der Waals surface area contributed by atoms with E-state index in [9.17, 15) is 9.59 Å². The number of carbonyl (C=O) groups is 2. The number of aliphatic carboxylic acids is 1. The van der Waals surface area contributed by atoms with Gasteiger partial charge in [-0.25, -0.2) is 4.79 Å². The molecule has 1 aromatic carbocycles. The van der Waals surface area contributed by atoms with Crippen LogP contribution in [0, 0.1) is 0 Å². The molecular formula is C14H17NO4S. The number of carbonyl (C=O) groups excluding carboxylic acids is 1. The summed E-state index contributed by atoms with van der Waals surface area (Å²) in [5.41, 5.74) is 0. The smallest absolute Gasteiger partial charge is 0.334 e. The molecule has 1 aromatic rings. The summed E-state index contributed by atoms with van der Waals surface area (Å²) in [4.78, 5) is 25.7. The average Bonchev–Trinajstić information content (AvgIpc) is 2.45. The molecule has 0 radical (unpaired) electrons. The third-order valence-corrected chi connectivity index (χ3v) is 3.99. The number of thioether (sulfide) groups is 1. The Morgan fingerprint density at radius 1 is 1.35 bits per heavy atom. The molecule has 20 heavy (non-hydrogen) atoms. The van der Waals surface area contributed by atoms with Crippen molar-refractivity contribution in [1.82, 2.24) is 4.90 Å². The van der Waals surface area contributed by atoms with Crippen LogP contribution in [0.1, 0.15) is 6.92 Å². The van der Waals surface area contributed by atoms with Crippen molar-refractivity contribution in [3.8, 4) is 0 Å². The summed E-state index contributed by atoms with van der Waals surface area (Å²) in [5, 5.41) is 9.00. The number of ether oxygens (including phenoxy) is 1. The van der Waals surface area contributed by atoms with E-state index in [1.54, 1.807) is 11.8 Å². The number of carboxylic acid groups (broad SMARTS) is 1. The summed E-state index contributed by atoms with van der Waals surface area (Å²) >= 11 is 1.45. The van der Waals surface area contributed by atoms with Gasteiger partial charge < -0.3 is 14.7 Å². The van der Waals surface area contributed by atoms with E-state index in [2.05, 4.69) is 0 Å². The molecule has 5 nitrogen and oxygen atoms in total. The van der Waals surface area contributed by atoms with Crippen LogP contribution in [0.25, 0.3) is 0 Å². The first-order valence-corrected chi connectivity index (χ1v) is 7.38. The van der Waals surface area contributed by atoms with E-state index in [1.807, 2.05) is 30.3 Å². The van der Waals surface area contributed by atoms with Crippen LogP contribution in [-0.4, -0.2) is 52.9 Å². The molecule has 0 aliphatic carbocycles. The van der Waals surface area contributed by atoms with E-state index in [1.165, 1.54) is 11.8 Å². The van der Waals surface area contributed by atoms with Crippen molar-refractivity contribution in [3.05, 3.63) is 30.3 Å². The second kappa shape index (κ2) is 6.76. The van der Waals surface area contributed by atoms with Crippen LogP contribution in [0.5, 0.6) is 0 Å². The van der Waals surface area contributed by atoms with E-state index in [-0.39, 0.29) is 18.6 Å². The molecule has 1 amide bonds. The predicted octanol–water partition coefficient (Wildman–Crippen LogP) is 1.48. The first-order chi connectivity index (χ1) is 9.56. The van der Waals surface area contributed by atoms with E-state index in [0.717, 1.165) is 4.90 Å². The Kier molecular flexibility index (Phi) is 5.03. The molecular weight excluding hydrogens is 278 g/mol. The lowest BCUT2D eigenvalue weighted by atomic mass is 10.2. The van der Waals surface area contributed by atoms with Crippen molar-refractivity contribution in [1.29, 1.82) is 0 Å². The number of hydrogen-bond donors (Lipinski definition) is 1. The third-order valence-electron chi connectivity index (χ3n) is 2.99. The maximum Gasteiger partial charge on any atom is 0.334 e. The highest BCUT2D eigenvalue weighted by atomic mass is 32.2. The number of benzene rings is 1. The zero-order valence-electron chi connectivity index (χ0n) is 11.2. The number of carboxylic acids is 1. The summed E-state index contributed by atoms with van der Waals surface area (Å²) in [6, 6.07) is 9.65. The Morgan fingerprint density at radius 3 is 2.70 bits per heavy atom. The fourth-order valence-corrected chi connectivity index (χ4v) is 2.87. The average molecular weight is 295 g/mol. The Balaban J connectivity index is 1.90. The first-order valence-electron chi connectivity index (χ1n) is 6.40. The molecule has 0 bridgehead atoms. The van der Waals surface area contributed by atoms with Gasteiger partial charge in [-0.15, -0.1) is 11.8 Å². The highest BCUT2D eigenvalue weighted by molar-refractivity contribution is 8.00. The van der Waals surface area contributed by atoms with Gasteiger partial charge in [0, 0.05) is 11.4 Å². The Labute approximate surface area is 121 Å². The normalized spacial score (nSPS) is 22.6. The minimum atomic E-state index is -1.02. The van der Waals surface area contributed by atoms with Gasteiger partial charge in [-0.2, -0.15) is 0 Å². The minimum absolute atomic E-state index is 0.0553. The van der Waals surface area contributed by atoms with E-state index < -0.39 is 12.1 Å². The first kappa shape index (κ1) is 14.9. The largest absolute Gasteiger partial charge is 0.479 e. The second-order valence-corrected chi connectivity index (χ2v) is 5.72. The molecule has 1 saturated heterocycles. The molecule has 1 unspecified atom stereocenters. The van der Waals surface area contributed by atoms with E-state index in [0.29, 0.717) is 12.3 Å². The zero-order chi connectivity index (χ0) is 14.5. The number of hydrogen-bond acceptors (Lipinski definition) is 4. The molecule has 108 valence electrons. The highest BCUT2D eigenvalue weighted by Gasteiger charge is 2.32. The van der Waals surface area contributed by atoms with E-state index >= 15 is 0 Å². The molecule has 1 fully saturated rings. The Bertz CT molecular complexity index is 479. The lowest BCUT2D eigenvalue weighted by Crippen LogP contribution is -2.52. The topological polar surface area (TPSA) is 66.8 Å². The molecule has 2 rings (SSSR count). The number of nitrogens with zero attached hydrogens (tertiary/aromatic N) is 1. The molecule has 1 aliphatic heterocycles. The van der Waals surface area contributed by atoms with Gasteiger partial charge in [0.1, 0.15) is 0 Å². The van der Waals surface area contributed by atoms with Crippen molar-refractivity contribution in [2.75, 3.05) is 18.8 Å². The van der Waals surface area contributed by atoms with Gasteiger partial charge in [0.2, 0.25) is 5.91 Å². The maximum absolute atomic E-state index is 12.1. The number of morpholine rings is 1. The SMILES string of the molecule is C[C@@H]1CN(C(=O)CSc2ccccc2)CC(C(=O)O)O1. The monoisotopic (exact) mass is 295 g/mol. The van der Waals surface area contributed by atoms with Crippen LogP contribution in [-0.2, 0) is 14.3 Å². The van der Waals surface area contributed by atoms with Crippen molar-refractivity contribution in [2.24, 2.45) is 0 Å². The predicted molar refractivity (Wildman–Crippen MR) is 75.7 cm³/mol. The molecule has 1 N–H and O–H groups in total. The van der Waals surface area contributed by atoms with Gasteiger partial charge in [0.25, 0.3) is 0 Å². The summed E-state index contributed by atoms with van der Waals surface area (Å²) in [5.74, 6) is -0.770. The van der Waals surface area contributed by atoms with E-state index in [4.69, 9.17) is 9.84 Å². The number of amides is 1. The summed E-state index contributed by atoms with van der Waals surface area (Å²) < 4.78 is 5.29. The maximum atomic E-state index is 12.1. The van der Waals surface area contributed by atoms with Crippen LogP contribution in [0.3, 0.4) is 0 Å². The molecule has 2 atom stereocenters. The zero-order valence-corrected chi connectivity index (χ0v) is 12.0. The van der Waals surface area contributed by atoms with Crippen LogP contribution < -0.4 is 0 Å². The minimum Gasteiger partial charge on any atom is -0.479 e. The summed E-state index contributed by atoms with van der Waals surface area (Å²) in [7, 11) is 0. The lowest BCUT2D eigenvalue weighted by Gasteiger charge is -2.34. The summed E-state index contributed by atoms with van der Waals surface area (Å²) in [6.45, 7) is 2.34. The van der Waals surface area contributed by atoms with Crippen molar-refractivity contribution in [2.45, 2.75) is 24.0 Å². The lowest BCUT2D eigenvalue weighted by molar-refractivity contribution is -0.165. The van der Waals surface area contributed by atoms with Gasteiger partial charge in [0.15, 0.2) is 6.10 Å². The van der Waals surface area contributed by atoms with Crippen molar-refractivity contribution >= 4 is 23.6 Å². The molecule has 0 saturated carbocycles.